The first-order chi connectivity index (χ1) is 18.4. The molecular formula is C28H41F3N6O2. The van der Waals surface area contributed by atoms with Crippen LogP contribution in [0, 0.1) is 11.8 Å². The molecule has 1 aliphatic carbocycles. The van der Waals surface area contributed by atoms with Crippen molar-refractivity contribution in [3.05, 3.63) is 23.4 Å². The summed E-state index contributed by atoms with van der Waals surface area (Å²) in [4.78, 5) is 28.5. The molecule has 3 N–H and O–H groups in total. The first-order valence-corrected chi connectivity index (χ1v) is 14.1. The van der Waals surface area contributed by atoms with E-state index < -0.39 is 12.3 Å². The molecule has 2 amide bonds. The van der Waals surface area contributed by atoms with E-state index in [2.05, 4.69) is 20.6 Å². The second kappa shape index (κ2) is 11.7. The smallest absolute Gasteiger partial charge is 0.368 e. The predicted molar refractivity (Wildman–Crippen MR) is 146 cm³/mol. The lowest BCUT2D eigenvalue weighted by Gasteiger charge is -2.39. The number of nitrogens with one attached hydrogen (secondary N) is 3. The van der Waals surface area contributed by atoms with E-state index in [-0.39, 0.29) is 42.3 Å². The summed E-state index contributed by atoms with van der Waals surface area (Å²) in [5, 5.41) is 13.2. The number of rotatable bonds is 8. The number of aromatic nitrogens is 2. The molecule has 1 aromatic heterocycles. The van der Waals surface area contributed by atoms with Crippen LogP contribution in [-0.4, -0.2) is 59.1 Å². The summed E-state index contributed by atoms with van der Waals surface area (Å²) in [6, 6.07) is 1.47. The molecule has 2 fully saturated rings. The molecule has 2 aliphatic rings. The Labute approximate surface area is 228 Å². The van der Waals surface area contributed by atoms with Gasteiger partial charge in [0.05, 0.1) is 23.3 Å². The summed E-state index contributed by atoms with van der Waals surface area (Å²) in [5.74, 6) is -0.396. The highest BCUT2D eigenvalue weighted by Gasteiger charge is 2.36. The van der Waals surface area contributed by atoms with Gasteiger partial charge in [0.1, 0.15) is 0 Å². The Hall–Kier alpha value is -2.82. The lowest BCUT2D eigenvalue weighted by Crippen LogP contribution is -2.50. The molecule has 2 aromatic rings. The molecule has 3 unspecified atom stereocenters. The van der Waals surface area contributed by atoms with Gasteiger partial charge in [-0.05, 0) is 69.9 Å². The first-order valence-electron chi connectivity index (χ1n) is 14.1. The summed E-state index contributed by atoms with van der Waals surface area (Å²) < 4.78 is 40.4. The summed E-state index contributed by atoms with van der Waals surface area (Å²) in [7, 11) is 1.83. The van der Waals surface area contributed by atoms with Crippen molar-refractivity contribution in [2.45, 2.75) is 90.6 Å². The van der Waals surface area contributed by atoms with Crippen molar-refractivity contribution in [1.29, 1.82) is 0 Å². The van der Waals surface area contributed by atoms with Crippen molar-refractivity contribution in [2.24, 2.45) is 18.9 Å². The fourth-order valence-electron chi connectivity index (χ4n) is 6.55. The first kappa shape index (κ1) is 29.2. The Kier molecular flexibility index (Phi) is 8.78. The Morgan fingerprint density at radius 2 is 1.90 bits per heavy atom. The van der Waals surface area contributed by atoms with Crippen LogP contribution in [0.3, 0.4) is 0 Å². The highest BCUT2D eigenvalue weighted by Crippen LogP contribution is 2.38. The van der Waals surface area contributed by atoms with Gasteiger partial charge >= 0.3 is 6.30 Å². The quantitative estimate of drug-likeness (QED) is 0.427. The third-order valence-corrected chi connectivity index (χ3v) is 8.48. The van der Waals surface area contributed by atoms with Crippen molar-refractivity contribution in [3.63, 3.8) is 0 Å². The number of carbonyl (C=O) groups is 2. The number of hydrogen-bond donors (Lipinski definition) is 3. The van der Waals surface area contributed by atoms with E-state index in [0.29, 0.717) is 44.2 Å². The number of carbonyl (C=O) groups excluding carboxylic acids is 2. The minimum absolute atomic E-state index is 0.0344. The maximum absolute atomic E-state index is 13.6. The van der Waals surface area contributed by atoms with Crippen LogP contribution in [-0.2, 0) is 18.3 Å². The molecular weight excluding hydrogens is 509 g/mol. The Morgan fingerprint density at radius 3 is 2.49 bits per heavy atom. The molecule has 1 aliphatic heterocycles. The molecule has 0 spiro atoms. The second-order valence-corrected chi connectivity index (χ2v) is 11.2. The van der Waals surface area contributed by atoms with E-state index in [1.807, 2.05) is 40.8 Å². The van der Waals surface area contributed by atoms with Gasteiger partial charge in [0.15, 0.2) is 0 Å². The molecule has 8 nitrogen and oxygen atoms in total. The zero-order valence-electron chi connectivity index (χ0n) is 23.5. The van der Waals surface area contributed by atoms with Gasteiger partial charge in [-0.15, -0.1) is 0 Å². The molecule has 39 heavy (non-hydrogen) atoms. The predicted octanol–water partition coefficient (Wildman–Crippen LogP) is 4.27. The minimum Gasteiger partial charge on any atom is -0.368 e. The number of nitrogens with zero attached hydrogens (tertiary/aromatic N) is 3. The molecule has 0 radical (unpaired) electrons. The van der Waals surface area contributed by atoms with Crippen LogP contribution < -0.4 is 20.9 Å². The highest BCUT2D eigenvalue weighted by molar-refractivity contribution is 6.05. The fourth-order valence-corrected chi connectivity index (χ4v) is 6.55. The van der Waals surface area contributed by atoms with Crippen LogP contribution in [0.4, 0.5) is 18.9 Å². The summed E-state index contributed by atoms with van der Waals surface area (Å²) >= 11 is 0. The second-order valence-electron chi connectivity index (χ2n) is 11.2. The van der Waals surface area contributed by atoms with Gasteiger partial charge in [0.2, 0.25) is 5.91 Å². The number of alkyl halides is 3. The maximum Gasteiger partial charge on any atom is 0.457 e. The Bertz CT molecular complexity index is 1190. The lowest BCUT2D eigenvalue weighted by molar-refractivity contribution is -0.166. The molecule has 11 heteroatoms. The lowest BCUT2D eigenvalue weighted by atomic mass is 9.84. The van der Waals surface area contributed by atoms with E-state index in [0.717, 1.165) is 28.6 Å². The van der Waals surface area contributed by atoms with E-state index in [4.69, 9.17) is 0 Å². The van der Waals surface area contributed by atoms with E-state index in [1.165, 1.54) is 0 Å². The molecule has 2 heterocycles. The van der Waals surface area contributed by atoms with Gasteiger partial charge in [-0.2, -0.15) is 18.3 Å². The van der Waals surface area contributed by atoms with Crippen LogP contribution in [0.2, 0.25) is 0 Å². The van der Waals surface area contributed by atoms with E-state index in [1.54, 1.807) is 16.2 Å². The molecule has 3 atom stereocenters. The number of anilines is 1. The van der Waals surface area contributed by atoms with Gasteiger partial charge in [0, 0.05) is 49.2 Å². The monoisotopic (exact) mass is 550 g/mol. The topological polar surface area (TPSA) is 91.3 Å². The van der Waals surface area contributed by atoms with Crippen molar-refractivity contribution >= 4 is 28.4 Å². The number of halogens is 3. The van der Waals surface area contributed by atoms with Crippen molar-refractivity contribution in [1.82, 2.24) is 25.7 Å². The maximum atomic E-state index is 13.6. The standard InChI is InChI=1S/C28H41F3N6O2/c1-6-20-21(26(38)32-14-22-16(3)12-17(4)34-27(22)39)13-24-23(15-33-36(24)5)25(20)37(7-2)19-10-8-18(9-11-19)35-28(29,30)31/h13,15-19,22,35H,6-12,14H2,1-5H3,(H,32,38)(H,34,39). The number of aryl methyl sites for hydroxylation is 1. The van der Waals surface area contributed by atoms with Crippen LogP contribution in [0.1, 0.15) is 75.7 Å². The third kappa shape index (κ3) is 6.34. The zero-order valence-corrected chi connectivity index (χ0v) is 23.5. The van der Waals surface area contributed by atoms with Gasteiger partial charge in [-0.1, -0.05) is 13.8 Å². The molecule has 216 valence electrons. The molecule has 1 saturated carbocycles. The summed E-state index contributed by atoms with van der Waals surface area (Å²) in [5.41, 5.74) is 3.18. The average molecular weight is 551 g/mol. The van der Waals surface area contributed by atoms with Gasteiger partial charge in [-0.25, -0.2) is 5.32 Å². The average Bonchev–Trinajstić information content (AvgIpc) is 3.23. The van der Waals surface area contributed by atoms with Gasteiger partial charge in [0.25, 0.3) is 5.91 Å². The van der Waals surface area contributed by atoms with Crippen molar-refractivity contribution in [2.75, 3.05) is 18.0 Å². The molecule has 0 bridgehead atoms. The molecule has 1 aromatic carbocycles. The van der Waals surface area contributed by atoms with Crippen LogP contribution in [0.5, 0.6) is 0 Å². The minimum atomic E-state index is -4.38. The highest BCUT2D eigenvalue weighted by atomic mass is 19.4. The van der Waals surface area contributed by atoms with E-state index in [9.17, 15) is 22.8 Å². The Balaban J connectivity index is 1.62. The van der Waals surface area contributed by atoms with Crippen LogP contribution in [0.15, 0.2) is 12.3 Å². The summed E-state index contributed by atoms with van der Waals surface area (Å²) in [6.07, 6.45) is 0.991. The van der Waals surface area contributed by atoms with Crippen LogP contribution >= 0.6 is 0 Å². The third-order valence-electron chi connectivity index (χ3n) is 8.48. The SMILES string of the molecule is CCc1c(C(=O)NCC2C(=O)NC(C)CC2C)cc2c(cnn2C)c1N(CC)C1CCC(NC(F)(F)F)CC1. The van der Waals surface area contributed by atoms with Gasteiger partial charge < -0.3 is 15.5 Å². The number of hydrogen-bond acceptors (Lipinski definition) is 5. The van der Waals surface area contributed by atoms with Crippen molar-refractivity contribution < 1.29 is 22.8 Å². The Morgan fingerprint density at radius 1 is 1.21 bits per heavy atom. The van der Waals surface area contributed by atoms with Crippen molar-refractivity contribution in [3.8, 4) is 0 Å². The fraction of sp³-hybridized carbons (Fsp3) is 0.679. The zero-order chi connectivity index (χ0) is 28.5. The van der Waals surface area contributed by atoms with E-state index >= 15 is 0 Å². The molecule has 1 saturated heterocycles. The molecule has 4 rings (SSSR count). The normalized spacial score (nSPS) is 25.9. The number of benzene rings is 1. The van der Waals surface area contributed by atoms with Crippen LogP contribution in [0.25, 0.3) is 10.9 Å². The largest absolute Gasteiger partial charge is 0.457 e. The number of fused-ring (bicyclic) bond motifs is 1. The van der Waals surface area contributed by atoms with Gasteiger partial charge in [-0.3, -0.25) is 14.3 Å². The summed E-state index contributed by atoms with van der Waals surface area (Å²) in [6.45, 7) is 8.99. The number of amides is 2. The number of piperidine rings is 1.